The number of amides is 1. The van der Waals surface area contributed by atoms with Gasteiger partial charge in [0.05, 0.1) is 32.0 Å². The Bertz CT molecular complexity index is 1450. The Labute approximate surface area is 474 Å². The average Bonchev–Trinajstić information content (AvgIpc) is 3.48. The summed E-state index contributed by atoms with van der Waals surface area (Å²) in [7, 11) is 0. The Morgan fingerprint density at radius 1 is 0.449 bits per heavy atom. The highest BCUT2D eigenvalue weighted by Gasteiger charge is 2.51. The summed E-state index contributed by atoms with van der Waals surface area (Å²) in [5.74, 6) is -0.249. The number of aliphatic hydroxyl groups excluding tert-OH is 8. The van der Waals surface area contributed by atoms with Crippen LogP contribution in [-0.4, -0.2) is 140 Å². The Kier molecular flexibility index (Phi) is 46.2. The smallest absolute Gasteiger partial charge is 0.220 e. The van der Waals surface area contributed by atoms with Crippen molar-refractivity contribution in [3.8, 4) is 0 Å². The van der Waals surface area contributed by atoms with Gasteiger partial charge in [-0.3, -0.25) is 4.79 Å². The van der Waals surface area contributed by atoms with Crippen LogP contribution in [0.25, 0.3) is 0 Å². The van der Waals surface area contributed by atoms with Crippen LogP contribution in [0.5, 0.6) is 0 Å². The summed E-state index contributed by atoms with van der Waals surface area (Å²) in [6.45, 7) is 2.79. The van der Waals surface area contributed by atoms with Crippen LogP contribution in [0.1, 0.15) is 271 Å². The SMILES string of the molecule is CCCCCCCCC/C=C/CC/C=C/CC/C=C/C(O)C(COC1OC(CO)C(OC2OC(CO)C(O)C(O)C2O)C(O)C1O)NC(=O)CCCCCCCCCCCCCCCCCCCCCCCCCCCCC. The molecule has 0 saturated carbocycles. The third kappa shape index (κ3) is 34.6. The molecule has 2 heterocycles. The average molecular weight is 1110 g/mol. The van der Waals surface area contributed by atoms with Crippen LogP contribution >= 0.6 is 0 Å². The number of hydrogen-bond acceptors (Lipinski definition) is 13. The Hall–Kier alpha value is -1.79. The van der Waals surface area contributed by atoms with Gasteiger partial charge in [0.15, 0.2) is 12.6 Å². The minimum atomic E-state index is -1.79. The van der Waals surface area contributed by atoms with E-state index in [-0.39, 0.29) is 18.9 Å². The van der Waals surface area contributed by atoms with E-state index in [9.17, 15) is 45.6 Å². The lowest BCUT2D eigenvalue weighted by Crippen LogP contribution is -2.65. The van der Waals surface area contributed by atoms with Crippen LogP contribution in [0.3, 0.4) is 0 Å². The number of carbonyl (C=O) groups excluding carboxylic acids is 1. The molecule has 14 nitrogen and oxygen atoms in total. The number of aliphatic hydroxyl groups is 8. The maximum absolute atomic E-state index is 13.3. The van der Waals surface area contributed by atoms with Crippen LogP contribution < -0.4 is 5.32 Å². The van der Waals surface area contributed by atoms with E-state index in [2.05, 4.69) is 43.5 Å². The van der Waals surface area contributed by atoms with Gasteiger partial charge in [-0.1, -0.05) is 256 Å². The van der Waals surface area contributed by atoms with Gasteiger partial charge in [-0.2, -0.15) is 0 Å². The zero-order valence-electron chi connectivity index (χ0n) is 49.4. The van der Waals surface area contributed by atoms with Crippen molar-refractivity contribution in [2.75, 3.05) is 19.8 Å². The number of unbranched alkanes of at least 4 members (excludes halogenated alkanes) is 35. The molecular formula is C64H119NO13. The van der Waals surface area contributed by atoms with Crippen molar-refractivity contribution < 1.29 is 64.6 Å². The van der Waals surface area contributed by atoms with E-state index in [1.807, 2.05) is 6.08 Å². The molecule has 2 aliphatic rings. The van der Waals surface area contributed by atoms with Crippen molar-refractivity contribution in [2.24, 2.45) is 0 Å². The summed E-state index contributed by atoms with van der Waals surface area (Å²) < 4.78 is 22.8. The summed E-state index contributed by atoms with van der Waals surface area (Å²) in [4.78, 5) is 13.3. The zero-order chi connectivity index (χ0) is 56.7. The maximum Gasteiger partial charge on any atom is 0.220 e. The van der Waals surface area contributed by atoms with Gasteiger partial charge >= 0.3 is 0 Å². The summed E-state index contributed by atoms with van der Waals surface area (Å²) in [6, 6.07) is -0.935. The van der Waals surface area contributed by atoms with Crippen LogP contribution in [0.4, 0.5) is 0 Å². The fraction of sp³-hybridized carbons (Fsp3) is 0.891. The molecule has 12 unspecified atom stereocenters. The molecule has 0 radical (unpaired) electrons. The molecule has 0 bridgehead atoms. The van der Waals surface area contributed by atoms with Crippen LogP contribution in [-0.2, 0) is 23.7 Å². The van der Waals surface area contributed by atoms with Gasteiger partial charge in [-0.25, -0.2) is 0 Å². The highest BCUT2D eigenvalue weighted by atomic mass is 16.7. The molecule has 0 aliphatic carbocycles. The Morgan fingerprint density at radius 3 is 1.26 bits per heavy atom. The van der Waals surface area contributed by atoms with Gasteiger partial charge in [0.25, 0.3) is 0 Å². The number of carbonyl (C=O) groups is 1. The van der Waals surface area contributed by atoms with E-state index in [4.69, 9.17) is 18.9 Å². The van der Waals surface area contributed by atoms with Gasteiger partial charge in [0, 0.05) is 6.42 Å². The standard InChI is InChI=1S/C64H119NO13/c1-3-5-7-9-11-13-15-17-19-21-22-23-24-25-26-27-28-29-30-32-34-36-38-40-42-44-46-48-56(69)65-52(53(68)47-45-43-41-39-37-35-33-31-20-18-16-14-12-10-8-6-4-2)51-75-63-61(74)59(72)62(55(50-67)77-63)78-64-60(73)58(71)57(70)54(49-66)76-64/h20,31,37,39,45,47,52-55,57-64,66-68,70-74H,3-19,21-30,32-36,38,40-44,46,48-51H2,1-2H3,(H,65,69)/b31-20+,39-37+,47-45+. The van der Waals surface area contributed by atoms with Gasteiger partial charge in [0.2, 0.25) is 5.91 Å². The fourth-order valence-corrected chi connectivity index (χ4v) is 10.6. The lowest BCUT2D eigenvalue weighted by Gasteiger charge is -2.46. The second-order valence-electron chi connectivity index (χ2n) is 22.9. The summed E-state index contributed by atoms with van der Waals surface area (Å²) in [5.41, 5.74) is 0. The molecule has 1 amide bonds. The van der Waals surface area contributed by atoms with E-state index in [0.29, 0.717) is 12.8 Å². The Balaban J connectivity index is 1.71. The molecule has 0 aromatic heterocycles. The normalized spacial score (nSPS) is 24.7. The largest absolute Gasteiger partial charge is 0.394 e. The van der Waals surface area contributed by atoms with E-state index in [0.717, 1.165) is 44.9 Å². The van der Waals surface area contributed by atoms with Crippen molar-refractivity contribution in [3.05, 3.63) is 36.5 Å². The number of nitrogens with one attached hydrogen (secondary N) is 1. The number of rotatable bonds is 52. The first-order valence-corrected chi connectivity index (χ1v) is 32.2. The minimum Gasteiger partial charge on any atom is -0.394 e. The molecule has 78 heavy (non-hydrogen) atoms. The van der Waals surface area contributed by atoms with E-state index in [1.165, 1.54) is 193 Å². The predicted molar refractivity (Wildman–Crippen MR) is 314 cm³/mol. The van der Waals surface area contributed by atoms with Crippen molar-refractivity contribution in [2.45, 2.75) is 344 Å². The number of allylic oxidation sites excluding steroid dienone is 5. The molecule has 2 rings (SSSR count). The van der Waals surface area contributed by atoms with Gasteiger partial charge < -0.3 is 65.1 Å². The second kappa shape index (κ2) is 49.8. The van der Waals surface area contributed by atoms with Crippen molar-refractivity contribution >= 4 is 5.91 Å². The molecular weight excluding hydrogens is 991 g/mol. The lowest BCUT2D eigenvalue weighted by atomic mass is 9.97. The first-order chi connectivity index (χ1) is 38.1. The summed E-state index contributed by atoms with van der Waals surface area (Å²) >= 11 is 0. The molecule has 14 heteroatoms. The van der Waals surface area contributed by atoms with Crippen molar-refractivity contribution in [1.82, 2.24) is 5.32 Å². The van der Waals surface area contributed by atoms with E-state index in [1.54, 1.807) is 6.08 Å². The number of hydrogen-bond donors (Lipinski definition) is 9. The fourth-order valence-electron chi connectivity index (χ4n) is 10.6. The van der Waals surface area contributed by atoms with Gasteiger partial charge in [-0.05, 0) is 44.9 Å². The second-order valence-corrected chi connectivity index (χ2v) is 22.9. The summed E-state index contributed by atoms with van der Waals surface area (Å²) in [6.07, 6.45) is 44.9. The highest BCUT2D eigenvalue weighted by Crippen LogP contribution is 2.30. The van der Waals surface area contributed by atoms with E-state index >= 15 is 0 Å². The zero-order valence-corrected chi connectivity index (χ0v) is 49.4. The first kappa shape index (κ1) is 72.3. The molecule has 0 aromatic carbocycles. The third-order valence-electron chi connectivity index (χ3n) is 15.8. The molecule has 458 valence electrons. The van der Waals surface area contributed by atoms with E-state index < -0.39 is 86.8 Å². The van der Waals surface area contributed by atoms with Crippen LogP contribution in [0.2, 0.25) is 0 Å². The molecule has 2 saturated heterocycles. The molecule has 0 aromatic rings. The molecule has 2 fully saturated rings. The predicted octanol–water partition coefficient (Wildman–Crippen LogP) is 11.8. The van der Waals surface area contributed by atoms with Crippen molar-refractivity contribution in [1.29, 1.82) is 0 Å². The quantitative estimate of drug-likeness (QED) is 0.0204. The molecule has 2 aliphatic heterocycles. The van der Waals surface area contributed by atoms with Gasteiger partial charge in [-0.15, -0.1) is 0 Å². The van der Waals surface area contributed by atoms with Crippen LogP contribution in [0, 0.1) is 0 Å². The van der Waals surface area contributed by atoms with Gasteiger partial charge in [0.1, 0.15) is 48.8 Å². The van der Waals surface area contributed by atoms with Crippen molar-refractivity contribution in [3.63, 3.8) is 0 Å². The topological polar surface area (TPSA) is 228 Å². The molecule has 12 atom stereocenters. The van der Waals surface area contributed by atoms with Crippen LogP contribution in [0.15, 0.2) is 36.5 Å². The summed E-state index contributed by atoms with van der Waals surface area (Å²) in [5, 5.41) is 87.1. The maximum atomic E-state index is 13.3. The number of ether oxygens (including phenoxy) is 4. The third-order valence-corrected chi connectivity index (χ3v) is 15.8. The molecule has 9 N–H and O–H groups in total. The monoisotopic (exact) mass is 1110 g/mol. The Morgan fingerprint density at radius 2 is 0.821 bits per heavy atom. The molecule has 0 spiro atoms. The lowest BCUT2D eigenvalue weighted by molar-refractivity contribution is -0.359. The first-order valence-electron chi connectivity index (χ1n) is 32.2. The highest BCUT2D eigenvalue weighted by molar-refractivity contribution is 5.76. The minimum absolute atomic E-state index is 0.249.